The third-order valence-electron chi connectivity index (χ3n) is 5.22. The topological polar surface area (TPSA) is 64.3 Å². The molecule has 0 aromatic heterocycles. The number of hydrogen-bond donors (Lipinski definition) is 2. The highest BCUT2D eigenvalue weighted by atomic mass is 16.5. The molecule has 0 spiro atoms. The quantitative estimate of drug-likeness (QED) is 0.799. The van der Waals surface area contributed by atoms with E-state index in [1.165, 1.54) is 0 Å². The number of carbonyl (C=O) groups is 1. The molecule has 3 N–H and O–H groups in total. The van der Waals surface area contributed by atoms with E-state index in [1.807, 2.05) is 50.2 Å². The first kappa shape index (κ1) is 18.5. The normalized spacial score (nSPS) is 20.6. The van der Waals surface area contributed by atoms with E-state index >= 15 is 0 Å². The molecule has 0 radical (unpaired) electrons. The summed E-state index contributed by atoms with van der Waals surface area (Å²) in [6.07, 6.45) is 3.69. The number of benzene rings is 2. The molecule has 1 unspecified atom stereocenters. The zero-order valence-electron chi connectivity index (χ0n) is 15.6. The van der Waals surface area contributed by atoms with Crippen LogP contribution in [0.4, 0.5) is 5.69 Å². The van der Waals surface area contributed by atoms with Crippen molar-refractivity contribution in [2.75, 3.05) is 5.32 Å². The molecule has 1 fully saturated rings. The van der Waals surface area contributed by atoms with Crippen LogP contribution in [-0.4, -0.2) is 11.9 Å². The molecular formula is C22H28N2O2. The van der Waals surface area contributed by atoms with Crippen molar-refractivity contribution in [3.05, 3.63) is 59.7 Å². The van der Waals surface area contributed by atoms with E-state index in [4.69, 9.17) is 10.5 Å². The Hall–Kier alpha value is -2.33. The van der Waals surface area contributed by atoms with E-state index in [1.54, 1.807) is 0 Å². The zero-order valence-corrected chi connectivity index (χ0v) is 15.6. The lowest BCUT2D eigenvalue weighted by molar-refractivity contribution is -0.117. The molecule has 3 atom stereocenters. The van der Waals surface area contributed by atoms with Gasteiger partial charge in [-0.1, -0.05) is 36.8 Å². The minimum atomic E-state index is -0.0279. The number of nitrogens with two attached hydrogens (primary N) is 1. The Bertz CT molecular complexity index is 745. The van der Waals surface area contributed by atoms with Gasteiger partial charge in [0.1, 0.15) is 11.9 Å². The summed E-state index contributed by atoms with van der Waals surface area (Å²) in [5.41, 5.74) is 9.03. The third-order valence-corrected chi connectivity index (χ3v) is 5.22. The molecule has 2 aromatic rings. The number of amides is 1. The molecule has 3 rings (SSSR count). The lowest BCUT2D eigenvalue weighted by atomic mass is 10.00. The number of carbonyl (C=O) groups excluding carboxylic acids is 1. The van der Waals surface area contributed by atoms with E-state index in [-0.39, 0.29) is 18.1 Å². The van der Waals surface area contributed by atoms with Crippen molar-refractivity contribution in [1.82, 2.24) is 0 Å². The molecule has 138 valence electrons. The second kappa shape index (κ2) is 8.37. The van der Waals surface area contributed by atoms with Gasteiger partial charge in [-0.15, -0.1) is 0 Å². The number of nitrogens with one attached hydrogen (secondary N) is 1. The highest BCUT2D eigenvalue weighted by Gasteiger charge is 2.26. The number of hydrogen-bond acceptors (Lipinski definition) is 3. The average molecular weight is 352 g/mol. The van der Waals surface area contributed by atoms with Crippen molar-refractivity contribution < 1.29 is 9.53 Å². The fourth-order valence-corrected chi connectivity index (χ4v) is 3.60. The summed E-state index contributed by atoms with van der Waals surface area (Å²) < 4.78 is 6.03. The Balaban J connectivity index is 1.59. The summed E-state index contributed by atoms with van der Waals surface area (Å²) in [4.78, 5) is 12.3. The zero-order chi connectivity index (χ0) is 18.5. The largest absolute Gasteiger partial charge is 0.486 e. The first-order valence-electron chi connectivity index (χ1n) is 9.40. The van der Waals surface area contributed by atoms with Crippen molar-refractivity contribution >= 4 is 11.6 Å². The maximum Gasteiger partial charge on any atom is 0.224 e. The van der Waals surface area contributed by atoms with Crippen LogP contribution in [0.1, 0.15) is 49.8 Å². The maximum atomic E-state index is 12.3. The molecule has 1 aliphatic carbocycles. The second-order valence-electron chi connectivity index (χ2n) is 7.25. The van der Waals surface area contributed by atoms with Gasteiger partial charge in [0.05, 0.1) is 0 Å². The van der Waals surface area contributed by atoms with Gasteiger partial charge in [0.2, 0.25) is 5.91 Å². The molecule has 1 aliphatic rings. The van der Waals surface area contributed by atoms with Gasteiger partial charge in [-0.25, -0.2) is 0 Å². The fraction of sp³-hybridized carbons (Fsp3) is 0.409. The van der Waals surface area contributed by atoms with Gasteiger partial charge in [-0.05, 0) is 61.9 Å². The van der Waals surface area contributed by atoms with Crippen molar-refractivity contribution in [3.8, 4) is 5.75 Å². The van der Waals surface area contributed by atoms with Crippen LogP contribution in [0.5, 0.6) is 5.75 Å². The van der Waals surface area contributed by atoms with Gasteiger partial charge in [-0.3, -0.25) is 4.79 Å². The summed E-state index contributed by atoms with van der Waals surface area (Å²) in [6.45, 7) is 4.02. The molecule has 1 amide bonds. The van der Waals surface area contributed by atoms with Crippen molar-refractivity contribution in [1.29, 1.82) is 0 Å². The Labute approximate surface area is 155 Å². The van der Waals surface area contributed by atoms with E-state index < -0.39 is 0 Å². The molecule has 0 heterocycles. The van der Waals surface area contributed by atoms with Gasteiger partial charge < -0.3 is 15.8 Å². The minimum Gasteiger partial charge on any atom is -0.486 e. The predicted octanol–water partition coefficient (Wildman–Crippen LogP) is 4.59. The van der Waals surface area contributed by atoms with Gasteiger partial charge in [0.15, 0.2) is 0 Å². The summed E-state index contributed by atoms with van der Waals surface area (Å²) in [7, 11) is 0. The van der Waals surface area contributed by atoms with Crippen LogP contribution in [0.2, 0.25) is 0 Å². The standard InChI is InChI=1S/C22H28N2O2/c1-15-13-19(26-16(2)17-7-4-3-5-8-17)11-12-21(15)24-22(25)14-18-9-6-10-20(18)23/h3-5,7-8,11-13,16,18,20H,6,9-10,14,23H2,1-2H3,(H,24,25)/t16?,18-,20+/m0/s1. The maximum absolute atomic E-state index is 12.3. The van der Waals surface area contributed by atoms with E-state index in [9.17, 15) is 4.79 Å². The van der Waals surface area contributed by atoms with Gasteiger partial charge in [0.25, 0.3) is 0 Å². The number of aryl methyl sites for hydroxylation is 1. The van der Waals surface area contributed by atoms with E-state index in [0.717, 1.165) is 41.8 Å². The van der Waals surface area contributed by atoms with Crippen LogP contribution in [0.25, 0.3) is 0 Å². The lowest BCUT2D eigenvalue weighted by Crippen LogP contribution is -2.28. The third kappa shape index (κ3) is 4.64. The van der Waals surface area contributed by atoms with Crippen LogP contribution in [0.3, 0.4) is 0 Å². The fourth-order valence-electron chi connectivity index (χ4n) is 3.60. The molecule has 1 saturated carbocycles. The SMILES string of the molecule is Cc1cc(OC(C)c2ccccc2)ccc1NC(=O)C[C@@H]1CCC[C@H]1N. The summed E-state index contributed by atoms with van der Waals surface area (Å²) in [5, 5.41) is 3.02. The highest BCUT2D eigenvalue weighted by Crippen LogP contribution is 2.29. The average Bonchev–Trinajstić information content (AvgIpc) is 3.03. The molecule has 0 bridgehead atoms. The van der Waals surface area contributed by atoms with Crippen molar-refractivity contribution in [2.24, 2.45) is 11.7 Å². The number of anilines is 1. The first-order valence-corrected chi connectivity index (χ1v) is 9.40. The van der Waals surface area contributed by atoms with Gasteiger partial charge >= 0.3 is 0 Å². The molecule has 4 heteroatoms. The van der Waals surface area contributed by atoms with Gasteiger partial charge in [0, 0.05) is 18.2 Å². The molecule has 0 saturated heterocycles. The summed E-state index contributed by atoms with van der Waals surface area (Å²) in [6, 6.07) is 16.1. The smallest absolute Gasteiger partial charge is 0.224 e. The second-order valence-corrected chi connectivity index (χ2v) is 7.25. The van der Waals surface area contributed by atoms with E-state index in [2.05, 4.69) is 17.4 Å². The molecular weight excluding hydrogens is 324 g/mol. The molecule has 26 heavy (non-hydrogen) atoms. The number of ether oxygens (including phenoxy) is 1. The molecule has 4 nitrogen and oxygen atoms in total. The van der Waals surface area contributed by atoms with E-state index in [0.29, 0.717) is 12.3 Å². The van der Waals surface area contributed by atoms with Crippen LogP contribution in [-0.2, 0) is 4.79 Å². The lowest BCUT2D eigenvalue weighted by Gasteiger charge is -2.18. The highest BCUT2D eigenvalue weighted by molar-refractivity contribution is 5.91. The Morgan fingerprint density at radius 2 is 2.00 bits per heavy atom. The minimum absolute atomic E-state index is 0.0279. The van der Waals surface area contributed by atoms with Crippen LogP contribution in [0, 0.1) is 12.8 Å². The first-order chi connectivity index (χ1) is 12.5. The monoisotopic (exact) mass is 352 g/mol. The Kier molecular flexibility index (Phi) is 5.94. The summed E-state index contributed by atoms with van der Waals surface area (Å²) >= 11 is 0. The Morgan fingerprint density at radius 3 is 2.65 bits per heavy atom. The predicted molar refractivity (Wildman–Crippen MR) is 105 cm³/mol. The van der Waals surface area contributed by atoms with Crippen molar-refractivity contribution in [2.45, 2.75) is 51.7 Å². The van der Waals surface area contributed by atoms with Crippen molar-refractivity contribution in [3.63, 3.8) is 0 Å². The molecule has 0 aliphatic heterocycles. The summed E-state index contributed by atoms with van der Waals surface area (Å²) in [5.74, 6) is 1.15. The molecule has 2 aromatic carbocycles. The van der Waals surface area contributed by atoms with Gasteiger partial charge in [-0.2, -0.15) is 0 Å². The van der Waals surface area contributed by atoms with Crippen LogP contribution in [0.15, 0.2) is 48.5 Å². The van der Waals surface area contributed by atoms with Crippen LogP contribution < -0.4 is 15.8 Å². The Morgan fingerprint density at radius 1 is 1.23 bits per heavy atom. The van der Waals surface area contributed by atoms with Crippen LogP contribution >= 0.6 is 0 Å². The number of rotatable bonds is 6.